The standard InChI is InChI=1S/C10H11FO3/c1-5-3-8(11)6(2)7(10(5)14)4-9(12)13/h3,14H,4H2,1-2H3,(H,12,13). The van der Waals surface area contributed by atoms with Crippen LogP contribution >= 0.6 is 0 Å². The summed E-state index contributed by atoms with van der Waals surface area (Å²) in [4.78, 5) is 10.5. The molecule has 1 aromatic carbocycles. The van der Waals surface area contributed by atoms with Gasteiger partial charge in [-0.2, -0.15) is 0 Å². The van der Waals surface area contributed by atoms with Crippen molar-refractivity contribution in [2.75, 3.05) is 0 Å². The molecular formula is C10H11FO3. The maximum absolute atomic E-state index is 13.2. The van der Waals surface area contributed by atoms with Gasteiger partial charge in [0.25, 0.3) is 0 Å². The van der Waals surface area contributed by atoms with Crippen LogP contribution in [0.3, 0.4) is 0 Å². The van der Waals surface area contributed by atoms with Crippen LogP contribution in [-0.2, 0) is 11.2 Å². The highest BCUT2D eigenvalue weighted by atomic mass is 19.1. The molecule has 0 aliphatic carbocycles. The number of phenolic OH excluding ortho intramolecular Hbond substituents is 1. The molecule has 0 saturated heterocycles. The first-order valence-electron chi connectivity index (χ1n) is 4.12. The quantitative estimate of drug-likeness (QED) is 0.761. The van der Waals surface area contributed by atoms with Gasteiger partial charge in [0, 0.05) is 5.56 Å². The Morgan fingerprint density at radius 3 is 2.57 bits per heavy atom. The van der Waals surface area contributed by atoms with Crippen molar-refractivity contribution >= 4 is 5.97 Å². The smallest absolute Gasteiger partial charge is 0.307 e. The fourth-order valence-corrected chi connectivity index (χ4v) is 1.29. The summed E-state index contributed by atoms with van der Waals surface area (Å²) in [5.74, 6) is -1.71. The van der Waals surface area contributed by atoms with Gasteiger partial charge in [0.15, 0.2) is 0 Å². The van der Waals surface area contributed by atoms with Gasteiger partial charge in [0.05, 0.1) is 6.42 Å². The number of carboxylic acids is 1. The predicted molar refractivity (Wildman–Crippen MR) is 48.9 cm³/mol. The fraction of sp³-hybridized carbons (Fsp3) is 0.300. The number of aryl methyl sites for hydroxylation is 1. The molecule has 0 atom stereocenters. The third-order valence-corrected chi connectivity index (χ3v) is 2.14. The highest BCUT2D eigenvalue weighted by Gasteiger charge is 2.15. The molecule has 0 aliphatic heterocycles. The molecule has 0 aromatic heterocycles. The molecule has 0 heterocycles. The molecule has 1 aromatic rings. The second-order valence-electron chi connectivity index (χ2n) is 3.20. The number of carboxylic acid groups (broad SMARTS) is 1. The van der Waals surface area contributed by atoms with Crippen LogP contribution in [0.2, 0.25) is 0 Å². The van der Waals surface area contributed by atoms with Gasteiger partial charge in [0.1, 0.15) is 11.6 Å². The van der Waals surface area contributed by atoms with Crippen molar-refractivity contribution in [1.29, 1.82) is 0 Å². The van der Waals surface area contributed by atoms with Crippen molar-refractivity contribution in [1.82, 2.24) is 0 Å². The monoisotopic (exact) mass is 198 g/mol. The van der Waals surface area contributed by atoms with Crippen LogP contribution in [0.4, 0.5) is 4.39 Å². The number of hydrogen-bond donors (Lipinski definition) is 2. The Bertz CT molecular complexity index is 359. The number of hydrogen-bond acceptors (Lipinski definition) is 2. The average molecular weight is 198 g/mol. The molecule has 1 rings (SSSR count). The summed E-state index contributed by atoms with van der Waals surface area (Å²) >= 11 is 0. The van der Waals surface area contributed by atoms with Crippen molar-refractivity contribution in [2.45, 2.75) is 20.3 Å². The molecule has 14 heavy (non-hydrogen) atoms. The van der Waals surface area contributed by atoms with E-state index in [1.54, 1.807) is 0 Å². The summed E-state index contributed by atoms with van der Waals surface area (Å²) in [6.07, 6.45) is -0.365. The van der Waals surface area contributed by atoms with E-state index in [1.165, 1.54) is 19.9 Å². The number of rotatable bonds is 2. The summed E-state index contributed by atoms with van der Waals surface area (Å²) < 4.78 is 13.2. The van der Waals surface area contributed by atoms with E-state index in [1.807, 2.05) is 0 Å². The number of aliphatic carboxylic acids is 1. The molecule has 0 bridgehead atoms. The van der Waals surface area contributed by atoms with E-state index in [0.29, 0.717) is 5.56 Å². The van der Waals surface area contributed by atoms with Crippen LogP contribution < -0.4 is 0 Å². The number of carbonyl (C=O) groups is 1. The Morgan fingerprint density at radius 2 is 2.07 bits per heavy atom. The molecule has 0 spiro atoms. The average Bonchev–Trinajstić information content (AvgIpc) is 2.09. The maximum atomic E-state index is 13.2. The van der Waals surface area contributed by atoms with Crippen LogP contribution in [0.25, 0.3) is 0 Å². The summed E-state index contributed by atoms with van der Waals surface area (Å²) in [7, 11) is 0. The molecule has 0 amide bonds. The van der Waals surface area contributed by atoms with Gasteiger partial charge in [0.2, 0.25) is 0 Å². The third-order valence-electron chi connectivity index (χ3n) is 2.14. The largest absolute Gasteiger partial charge is 0.507 e. The van der Waals surface area contributed by atoms with Crippen LogP contribution in [-0.4, -0.2) is 16.2 Å². The molecule has 76 valence electrons. The SMILES string of the molecule is Cc1cc(F)c(C)c(CC(=O)O)c1O. The second-order valence-corrected chi connectivity index (χ2v) is 3.20. The predicted octanol–water partition coefficient (Wildman–Crippen LogP) is 1.78. The van der Waals surface area contributed by atoms with Gasteiger partial charge in [-0.3, -0.25) is 4.79 Å². The fourth-order valence-electron chi connectivity index (χ4n) is 1.29. The molecule has 4 heteroatoms. The highest BCUT2D eigenvalue weighted by molar-refractivity contribution is 5.72. The summed E-state index contributed by atoms with van der Waals surface area (Å²) in [6.45, 7) is 2.98. The molecule has 0 unspecified atom stereocenters. The second kappa shape index (κ2) is 3.65. The van der Waals surface area contributed by atoms with Crippen molar-refractivity contribution < 1.29 is 19.4 Å². The first kappa shape index (κ1) is 10.5. The first-order valence-corrected chi connectivity index (χ1v) is 4.12. The van der Waals surface area contributed by atoms with Crippen LogP contribution in [0, 0.1) is 19.7 Å². The van der Waals surface area contributed by atoms with E-state index < -0.39 is 11.8 Å². The first-order chi connectivity index (χ1) is 6.43. The van der Waals surface area contributed by atoms with Crippen molar-refractivity contribution in [3.05, 3.63) is 28.6 Å². The lowest BCUT2D eigenvalue weighted by Crippen LogP contribution is -2.04. The van der Waals surface area contributed by atoms with E-state index in [2.05, 4.69) is 0 Å². The van der Waals surface area contributed by atoms with E-state index in [-0.39, 0.29) is 23.3 Å². The Balaban J connectivity index is 3.31. The van der Waals surface area contributed by atoms with Crippen molar-refractivity contribution in [3.8, 4) is 5.75 Å². The highest BCUT2D eigenvalue weighted by Crippen LogP contribution is 2.27. The van der Waals surface area contributed by atoms with Gasteiger partial charge in [-0.15, -0.1) is 0 Å². The summed E-state index contributed by atoms with van der Waals surface area (Å²) in [5.41, 5.74) is 0.690. The van der Waals surface area contributed by atoms with Gasteiger partial charge in [-0.1, -0.05) is 0 Å². The number of halogens is 1. The van der Waals surface area contributed by atoms with E-state index in [9.17, 15) is 14.3 Å². The van der Waals surface area contributed by atoms with Crippen molar-refractivity contribution in [3.63, 3.8) is 0 Å². The van der Waals surface area contributed by atoms with Gasteiger partial charge >= 0.3 is 5.97 Å². The lowest BCUT2D eigenvalue weighted by Gasteiger charge is -2.09. The van der Waals surface area contributed by atoms with Gasteiger partial charge in [-0.25, -0.2) is 4.39 Å². The van der Waals surface area contributed by atoms with E-state index in [4.69, 9.17) is 5.11 Å². The molecule has 3 nitrogen and oxygen atoms in total. The van der Waals surface area contributed by atoms with E-state index >= 15 is 0 Å². The van der Waals surface area contributed by atoms with Crippen molar-refractivity contribution in [2.24, 2.45) is 0 Å². The Hall–Kier alpha value is -1.58. The normalized spacial score (nSPS) is 10.2. The zero-order valence-electron chi connectivity index (χ0n) is 7.97. The van der Waals surface area contributed by atoms with Crippen LogP contribution in [0.15, 0.2) is 6.07 Å². The molecule has 2 N–H and O–H groups in total. The van der Waals surface area contributed by atoms with E-state index in [0.717, 1.165) is 0 Å². The lowest BCUT2D eigenvalue weighted by molar-refractivity contribution is -0.136. The Kier molecular flexibility index (Phi) is 2.74. The number of aromatic hydroxyl groups is 1. The minimum atomic E-state index is -1.09. The zero-order chi connectivity index (χ0) is 10.9. The van der Waals surface area contributed by atoms with Gasteiger partial charge < -0.3 is 10.2 Å². The topological polar surface area (TPSA) is 57.5 Å². The van der Waals surface area contributed by atoms with Gasteiger partial charge in [-0.05, 0) is 31.0 Å². The molecular weight excluding hydrogens is 187 g/mol. The minimum absolute atomic E-state index is 0.133. The van der Waals surface area contributed by atoms with Crippen LogP contribution in [0.5, 0.6) is 5.75 Å². The minimum Gasteiger partial charge on any atom is -0.507 e. The number of phenols is 1. The Labute approximate surface area is 80.8 Å². The summed E-state index contributed by atoms with van der Waals surface area (Å²) in [5, 5.41) is 18.1. The lowest BCUT2D eigenvalue weighted by atomic mass is 10.0. The van der Waals surface area contributed by atoms with Crippen LogP contribution in [0.1, 0.15) is 16.7 Å². The molecule has 0 fully saturated rings. The maximum Gasteiger partial charge on any atom is 0.307 e. The molecule has 0 radical (unpaired) electrons. The zero-order valence-corrected chi connectivity index (χ0v) is 7.97. The molecule has 0 aliphatic rings. The Morgan fingerprint density at radius 1 is 1.50 bits per heavy atom. The third kappa shape index (κ3) is 1.84. The molecule has 0 saturated carbocycles. The number of benzene rings is 1. The summed E-state index contributed by atoms with van der Waals surface area (Å²) in [6, 6.07) is 1.19.